The second kappa shape index (κ2) is 10.9. The van der Waals surface area contributed by atoms with Gasteiger partial charge < -0.3 is 14.5 Å². The van der Waals surface area contributed by atoms with Crippen molar-refractivity contribution in [1.82, 2.24) is 10.2 Å². The van der Waals surface area contributed by atoms with E-state index < -0.39 is 9.84 Å². The smallest absolute Gasteiger partial charge is 0.287 e. The highest BCUT2D eigenvalue weighted by Crippen LogP contribution is 2.31. The van der Waals surface area contributed by atoms with Crippen LogP contribution in [0, 0.1) is 0 Å². The van der Waals surface area contributed by atoms with Crippen molar-refractivity contribution >= 4 is 15.7 Å². The molecule has 1 N–H and O–H groups in total. The van der Waals surface area contributed by atoms with Gasteiger partial charge in [-0.2, -0.15) is 0 Å². The number of rotatable bonds is 9. The van der Waals surface area contributed by atoms with Crippen LogP contribution in [0.1, 0.15) is 47.2 Å². The lowest BCUT2D eigenvalue weighted by atomic mass is 10.0. The Morgan fingerprint density at radius 1 is 1.00 bits per heavy atom. The summed E-state index contributed by atoms with van der Waals surface area (Å²) in [6, 6.07) is 19.1. The minimum absolute atomic E-state index is 0.0340. The van der Waals surface area contributed by atoms with Gasteiger partial charge in [-0.3, -0.25) is 9.69 Å². The Kier molecular flexibility index (Phi) is 7.70. The van der Waals surface area contributed by atoms with Crippen molar-refractivity contribution < 1.29 is 22.4 Å². The van der Waals surface area contributed by atoms with Crippen LogP contribution in [0.4, 0.5) is 0 Å². The van der Waals surface area contributed by atoms with Crippen LogP contribution in [0.2, 0.25) is 0 Å². The first-order chi connectivity index (χ1) is 16.5. The zero-order chi connectivity index (χ0) is 24.0. The number of carbonyl (C=O) groups is 1. The molecule has 8 heteroatoms. The summed E-state index contributed by atoms with van der Waals surface area (Å²) in [5.41, 5.74) is 1.03. The van der Waals surface area contributed by atoms with E-state index >= 15 is 0 Å². The highest BCUT2D eigenvalue weighted by Gasteiger charge is 2.26. The van der Waals surface area contributed by atoms with Crippen LogP contribution >= 0.6 is 0 Å². The number of furan rings is 1. The molecule has 1 unspecified atom stereocenters. The van der Waals surface area contributed by atoms with Crippen molar-refractivity contribution in [3.05, 3.63) is 83.8 Å². The lowest BCUT2D eigenvalue weighted by Crippen LogP contribution is -2.40. The van der Waals surface area contributed by atoms with Crippen molar-refractivity contribution in [3.8, 4) is 5.75 Å². The fraction of sp³-hybridized carbons (Fsp3) is 0.346. The number of ether oxygens (including phenoxy) is 1. The molecule has 0 aliphatic carbocycles. The summed E-state index contributed by atoms with van der Waals surface area (Å²) in [5.74, 6) is 0.433. The number of piperidine rings is 1. The lowest BCUT2D eigenvalue weighted by molar-refractivity contribution is 0.0894. The molecule has 3 aromatic rings. The molecule has 1 aliphatic heterocycles. The molecule has 1 fully saturated rings. The predicted octanol–water partition coefficient (Wildman–Crippen LogP) is 4.22. The Balaban J connectivity index is 1.45. The molecule has 2 heterocycles. The quantitative estimate of drug-likeness (QED) is 0.491. The first kappa shape index (κ1) is 24.0. The molecule has 1 saturated heterocycles. The molecular weight excluding hydrogens is 452 g/mol. The Morgan fingerprint density at radius 2 is 1.71 bits per heavy atom. The molecule has 1 aromatic heterocycles. The summed E-state index contributed by atoms with van der Waals surface area (Å²) in [5, 5.41) is 2.97. The summed E-state index contributed by atoms with van der Waals surface area (Å²) < 4.78 is 36.4. The molecular formula is C26H30N2O5S. The van der Waals surface area contributed by atoms with Crippen molar-refractivity contribution in [2.75, 3.05) is 26.7 Å². The van der Waals surface area contributed by atoms with Crippen molar-refractivity contribution in [3.63, 3.8) is 0 Å². The topological polar surface area (TPSA) is 88.8 Å². The third-order valence-corrected chi connectivity index (χ3v) is 7.76. The minimum atomic E-state index is -3.56. The number of para-hydroxylation sites is 1. The van der Waals surface area contributed by atoms with Gasteiger partial charge in [0.2, 0.25) is 0 Å². The third-order valence-electron chi connectivity index (χ3n) is 6.11. The second-order valence-corrected chi connectivity index (χ2v) is 10.4. The normalized spacial score (nSPS) is 15.6. The number of nitrogens with one attached hydrogen (secondary N) is 1. The number of methoxy groups -OCH3 is 1. The number of hydrogen-bond acceptors (Lipinski definition) is 6. The standard InChI is InChI=1S/C26H30N2O5S/c1-32-24-13-7-6-12-22(24)23(28-16-8-3-9-17-28)18-27-26(29)25-15-14-20(33-25)19-34(30,31)21-10-4-2-5-11-21/h2,4-7,10-15,23H,3,8-9,16-19H2,1H3,(H,27,29). The highest BCUT2D eigenvalue weighted by atomic mass is 32.2. The summed E-state index contributed by atoms with van der Waals surface area (Å²) in [7, 11) is -1.90. The summed E-state index contributed by atoms with van der Waals surface area (Å²) in [6.07, 6.45) is 3.45. The van der Waals surface area contributed by atoms with Crippen molar-refractivity contribution in [2.45, 2.75) is 36.0 Å². The van der Waals surface area contributed by atoms with E-state index in [-0.39, 0.29) is 34.1 Å². The van der Waals surface area contributed by atoms with E-state index in [1.165, 1.54) is 18.6 Å². The van der Waals surface area contributed by atoms with E-state index in [1.807, 2.05) is 24.3 Å². The Bertz CT molecular complexity index is 1200. The first-order valence-corrected chi connectivity index (χ1v) is 13.1. The van der Waals surface area contributed by atoms with Gasteiger partial charge in [-0.05, 0) is 56.3 Å². The number of likely N-dealkylation sites (tertiary alicyclic amines) is 1. The average molecular weight is 483 g/mol. The molecule has 4 rings (SSSR count). The van der Waals surface area contributed by atoms with Crippen LogP contribution in [0.25, 0.3) is 0 Å². The number of benzene rings is 2. The molecule has 1 atom stereocenters. The van der Waals surface area contributed by atoms with E-state index in [4.69, 9.17) is 9.15 Å². The highest BCUT2D eigenvalue weighted by molar-refractivity contribution is 7.90. The molecule has 0 saturated carbocycles. The molecule has 0 spiro atoms. The maximum atomic E-state index is 12.9. The monoisotopic (exact) mass is 482 g/mol. The predicted molar refractivity (Wildman–Crippen MR) is 130 cm³/mol. The van der Waals surface area contributed by atoms with Gasteiger partial charge in [-0.15, -0.1) is 0 Å². The van der Waals surface area contributed by atoms with Gasteiger partial charge in [0, 0.05) is 12.1 Å². The molecule has 180 valence electrons. The first-order valence-electron chi connectivity index (χ1n) is 11.5. The van der Waals surface area contributed by atoms with Gasteiger partial charge in [0.15, 0.2) is 15.6 Å². The lowest BCUT2D eigenvalue weighted by Gasteiger charge is -2.35. The third kappa shape index (κ3) is 5.69. The minimum Gasteiger partial charge on any atom is -0.496 e. The van der Waals surface area contributed by atoms with E-state index in [0.29, 0.717) is 6.54 Å². The van der Waals surface area contributed by atoms with Crippen LogP contribution < -0.4 is 10.1 Å². The maximum Gasteiger partial charge on any atom is 0.287 e. The van der Waals surface area contributed by atoms with E-state index in [9.17, 15) is 13.2 Å². The average Bonchev–Trinajstić information content (AvgIpc) is 3.33. The van der Waals surface area contributed by atoms with Gasteiger partial charge in [-0.1, -0.05) is 42.8 Å². The van der Waals surface area contributed by atoms with Gasteiger partial charge in [0.05, 0.1) is 18.0 Å². The summed E-state index contributed by atoms with van der Waals surface area (Å²) in [4.78, 5) is 15.5. The molecule has 0 radical (unpaired) electrons. The molecule has 1 amide bonds. The fourth-order valence-corrected chi connectivity index (χ4v) is 5.63. The Hall–Kier alpha value is -3.10. The van der Waals surface area contributed by atoms with Crippen LogP contribution in [-0.2, 0) is 15.6 Å². The Morgan fingerprint density at radius 3 is 2.44 bits per heavy atom. The second-order valence-electron chi connectivity index (χ2n) is 8.40. The van der Waals surface area contributed by atoms with E-state index in [2.05, 4.69) is 10.2 Å². The Labute approximate surface area is 200 Å². The van der Waals surface area contributed by atoms with Crippen LogP contribution in [-0.4, -0.2) is 46.0 Å². The van der Waals surface area contributed by atoms with Crippen LogP contribution in [0.5, 0.6) is 5.75 Å². The zero-order valence-electron chi connectivity index (χ0n) is 19.3. The molecule has 2 aromatic carbocycles. The van der Waals surface area contributed by atoms with Gasteiger partial charge >= 0.3 is 0 Å². The number of nitrogens with zero attached hydrogens (tertiary/aromatic N) is 1. The molecule has 7 nitrogen and oxygen atoms in total. The van der Waals surface area contributed by atoms with Crippen molar-refractivity contribution in [1.29, 1.82) is 0 Å². The van der Waals surface area contributed by atoms with E-state index in [1.54, 1.807) is 37.4 Å². The van der Waals surface area contributed by atoms with Gasteiger partial charge in [0.1, 0.15) is 17.3 Å². The molecule has 1 aliphatic rings. The largest absolute Gasteiger partial charge is 0.496 e. The zero-order valence-corrected chi connectivity index (χ0v) is 20.1. The number of carbonyl (C=O) groups excluding carboxylic acids is 1. The fourth-order valence-electron chi connectivity index (χ4n) is 4.36. The van der Waals surface area contributed by atoms with Crippen molar-refractivity contribution in [2.24, 2.45) is 0 Å². The number of sulfone groups is 1. The molecule has 0 bridgehead atoms. The van der Waals surface area contributed by atoms with Gasteiger partial charge in [0.25, 0.3) is 5.91 Å². The van der Waals surface area contributed by atoms with Gasteiger partial charge in [-0.25, -0.2) is 8.42 Å². The maximum absolute atomic E-state index is 12.9. The summed E-state index contributed by atoms with van der Waals surface area (Å²) >= 11 is 0. The van der Waals surface area contributed by atoms with E-state index in [0.717, 1.165) is 37.2 Å². The summed E-state index contributed by atoms with van der Waals surface area (Å²) in [6.45, 7) is 2.30. The van der Waals surface area contributed by atoms with Crippen LogP contribution in [0.15, 0.2) is 76.0 Å². The molecule has 34 heavy (non-hydrogen) atoms. The number of amides is 1. The SMILES string of the molecule is COc1ccccc1C(CNC(=O)c1ccc(CS(=O)(=O)c2ccccc2)o1)N1CCCCC1. The number of hydrogen-bond donors (Lipinski definition) is 1. The van der Waals surface area contributed by atoms with Crippen LogP contribution in [0.3, 0.4) is 0 Å².